The summed E-state index contributed by atoms with van der Waals surface area (Å²) in [5, 5.41) is 14.0. The molecule has 0 aliphatic rings. The van der Waals surface area contributed by atoms with Crippen LogP contribution in [0.15, 0.2) is 12.3 Å². The van der Waals surface area contributed by atoms with Gasteiger partial charge in [0.05, 0.1) is 0 Å². The molecule has 1 aromatic rings. The van der Waals surface area contributed by atoms with Gasteiger partial charge in [0, 0.05) is 11.2 Å². The Balaban J connectivity index is 3.17. The Labute approximate surface area is 57.5 Å². The van der Waals surface area contributed by atoms with Crippen LogP contribution in [0.4, 0.5) is 0 Å². The van der Waals surface area contributed by atoms with Crippen LogP contribution in [-0.2, 0) is 0 Å². The van der Waals surface area contributed by atoms with Crippen LogP contribution in [0.1, 0.15) is 5.56 Å². The van der Waals surface area contributed by atoms with Crippen LogP contribution in [0, 0.1) is 12.1 Å². The number of aryl methyl sites for hydroxylation is 1. The minimum atomic E-state index is 0.257. The van der Waals surface area contributed by atoms with E-state index < -0.39 is 0 Å². The summed E-state index contributed by atoms with van der Waals surface area (Å²) in [6, 6.07) is 1.61. The molecule has 0 aliphatic carbocycles. The Morgan fingerprint density at radius 3 is 2.89 bits per heavy atom. The molecule has 0 N–H and O–H groups in total. The zero-order valence-electron chi connectivity index (χ0n) is 4.84. The van der Waals surface area contributed by atoms with Gasteiger partial charge >= 0.3 is 0 Å². The van der Waals surface area contributed by atoms with Crippen LogP contribution in [-0.4, -0.2) is 5.10 Å². The van der Waals surface area contributed by atoms with E-state index >= 15 is 0 Å². The fourth-order valence-corrected chi connectivity index (χ4v) is 0.581. The summed E-state index contributed by atoms with van der Waals surface area (Å²) in [7, 11) is 0. The number of hydrogen-bond acceptors (Lipinski definition) is 2. The number of rotatable bonds is 0. The molecule has 1 rings (SSSR count). The smallest absolute Gasteiger partial charge is 0.210 e. The number of nitrogens with zero attached hydrogens (tertiary/aromatic N) is 2. The van der Waals surface area contributed by atoms with Crippen molar-refractivity contribution in [3.8, 4) is 0 Å². The molecule has 4 heteroatoms. The maximum absolute atomic E-state index is 10.4. The highest BCUT2D eigenvalue weighted by Gasteiger charge is 1.98. The second-order valence-electron chi connectivity index (χ2n) is 1.69. The lowest BCUT2D eigenvalue weighted by Gasteiger charge is -1.93. The maximum Gasteiger partial charge on any atom is 0.210 e. The van der Waals surface area contributed by atoms with Crippen molar-refractivity contribution in [2.45, 2.75) is 6.92 Å². The summed E-state index contributed by atoms with van der Waals surface area (Å²) < 4.78 is 0. The first kappa shape index (κ1) is 6.29. The highest BCUT2D eigenvalue weighted by atomic mass is 35.5. The van der Waals surface area contributed by atoms with E-state index in [4.69, 9.17) is 11.6 Å². The van der Waals surface area contributed by atoms with E-state index in [2.05, 4.69) is 5.10 Å². The summed E-state index contributed by atoms with van der Waals surface area (Å²) in [5.74, 6) is 0. The topological polar surface area (TPSA) is 39.8 Å². The lowest BCUT2D eigenvalue weighted by molar-refractivity contribution is -0.669. The van der Waals surface area contributed by atoms with Crippen molar-refractivity contribution in [2.75, 3.05) is 0 Å². The summed E-state index contributed by atoms with van der Waals surface area (Å²) in [5.41, 5.74) is 0.809. The molecule has 0 aliphatic heterocycles. The SMILES string of the molecule is Cc1cc[n+]([O-])nc1Cl. The Morgan fingerprint density at radius 2 is 2.44 bits per heavy atom. The minimum Gasteiger partial charge on any atom is -0.594 e. The van der Waals surface area contributed by atoms with Crippen molar-refractivity contribution in [1.29, 1.82) is 0 Å². The van der Waals surface area contributed by atoms with E-state index in [-0.39, 0.29) is 5.15 Å². The predicted octanol–water partition coefficient (Wildman–Crippen LogP) is 0.677. The second kappa shape index (κ2) is 2.19. The maximum atomic E-state index is 10.4. The fraction of sp³-hybridized carbons (Fsp3) is 0.200. The molecule has 0 bridgehead atoms. The largest absolute Gasteiger partial charge is 0.594 e. The molecule has 0 spiro atoms. The second-order valence-corrected chi connectivity index (χ2v) is 2.05. The van der Waals surface area contributed by atoms with Crippen LogP contribution >= 0.6 is 11.6 Å². The van der Waals surface area contributed by atoms with Gasteiger partial charge in [0.25, 0.3) is 0 Å². The van der Waals surface area contributed by atoms with E-state index in [1.807, 2.05) is 0 Å². The van der Waals surface area contributed by atoms with Crippen LogP contribution in [0.25, 0.3) is 0 Å². The monoisotopic (exact) mass is 144 g/mol. The van der Waals surface area contributed by atoms with Gasteiger partial charge in [-0.15, -0.1) is 0 Å². The molecular weight excluding hydrogens is 140 g/mol. The lowest BCUT2D eigenvalue weighted by atomic mass is 10.4. The highest BCUT2D eigenvalue weighted by molar-refractivity contribution is 6.29. The quantitative estimate of drug-likeness (QED) is 0.397. The molecule has 0 aromatic carbocycles. The number of hydrogen-bond donors (Lipinski definition) is 0. The molecule has 48 valence electrons. The Kier molecular flexibility index (Phi) is 1.53. The molecule has 9 heavy (non-hydrogen) atoms. The normalized spacial score (nSPS) is 9.56. The standard InChI is InChI=1S/C5H5ClN2O/c1-4-2-3-8(9)7-5(4)6/h2-3H,1H3. The van der Waals surface area contributed by atoms with Crippen molar-refractivity contribution in [3.63, 3.8) is 0 Å². The summed E-state index contributed by atoms with van der Waals surface area (Å²) in [6.07, 6.45) is 1.31. The Bertz CT molecular complexity index is 226. The van der Waals surface area contributed by atoms with E-state index in [0.717, 1.165) is 5.56 Å². The van der Waals surface area contributed by atoms with E-state index in [0.29, 0.717) is 4.85 Å². The van der Waals surface area contributed by atoms with Crippen molar-refractivity contribution < 1.29 is 4.85 Å². The highest BCUT2D eigenvalue weighted by Crippen LogP contribution is 2.05. The lowest BCUT2D eigenvalue weighted by Crippen LogP contribution is -2.30. The first-order chi connectivity index (χ1) is 4.20. The van der Waals surface area contributed by atoms with Gasteiger partial charge in [0.1, 0.15) is 0 Å². The molecule has 0 radical (unpaired) electrons. The zero-order chi connectivity index (χ0) is 6.85. The van der Waals surface area contributed by atoms with Gasteiger partial charge in [-0.05, 0) is 12.5 Å². The van der Waals surface area contributed by atoms with Crippen LogP contribution < -0.4 is 4.85 Å². The Hall–Kier alpha value is -0.830. The van der Waals surface area contributed by atoms with E-state index in [9.17, 15) is 5.21 Å². The van der Waals surface area contributed by atoms with E-state index in [1.54, 1.807) is 13.0 Å². The average molecular weight is 145 g/mol. The zero-order valence-corrected chi connectivity index (χ0v) is 5.59. The average Bonchev–Trinajstić information content (AvgIpc) is 1.80. The Morgan fingerprint density at radius 1 is 1.78 bits per heavy atom. The van der Waals surface area contributed by atoms with Crippen molar-refractivity contribution >= 4 is 11.6 Å². The third-order valence-electron chi connectivity index (χ3n) is 0.964. The van der Waals surface area contributed by atoms with Crippen molar-refractivity contribution in [2.24, 2.45) is 0 Å². The predicted molar refractivity (Wildman–Crippen MR) is 32.9 cm³/mol. The number of halogens is 1. The molecule has 0 unspecified atom stereocenters. The van der Waals surface area contributed by atoms with Gasteiger partial charge in [0.2, 0.25) is 11.3 Å². The minimum absolute atomic E-state index is 0.257. The summed E-state index contributed by atoms with van der Waals surface area (Å²) >= 11 is 5.48. The molecule has 1 heterocycles. The fourth-order valence-electron chi connectivity index (χ4n) is 0.443. The van der Waals surface area contributed by atoms with Gasteiger partial charge in [-0.1, -0.05) is 16.4 Å². The molecule has 1 aromatic heterocycles. The third kappa shape index (κ3) is 1.29. The molecule has 3 nitrogen and oxygen atoms in total. The molecule has 0 saturated heterocycles. The molecular formula is C5H5ClN2O. The van der Waals surface area contributed by atoms with E-state index in [1.165, 1.54) is 6.20 Å². The van der Waals surface area contributed by atoms with Gasteiger partial charge in [-0.25, -0.2) is 0 Å². The van der Waals surface area contributed by atoms with Crippen LogP contribution in [0.2, 0.25) is 5.15 Å². The van der Waals surface area contributed by atoms with Crippen molar-refractivity contribution in [3.05, 3.63) is 28.2 Å². The van der Waals surface area contributed by atoms with Crippen LogP contribution in [0.5, 0.6) is 0 Å². The summed E-state index contributed by atoms with van der Waals surface area (Å²) in [6.45, 7) is 1.79. The first-order valence-corrected chi connectivity index (χ1v) is 2.80. The van der Waals surface area contributed by atoms with Gasteiger partial charge in [-0.2, -0.15) is 0 Å². The van der Waals surface area contributed by atoms with Gasteiger partial charge in [0.15, 0.2) is 0 Å². The first-order valence-electron chi connectivity index (χ1n) is 2.43. The van der Waals surface area contributed by atoms with Crippen LogP contribution in [0.3, 0.4) is 0 Å². The summed E-state index contributed by atoms with van der Waals surface area (Å²) in [4.78, 5) is 0.426. The number of aromatic nitrogens is 2. The molecule has 0 saturated carbocycles. The van der Waals surface area contributed by atoms with Gasteiger partial charge in [-0.3, -0.25) is 0 Å². The molecule has 0 amide bonds. The molecule has 0 atom stereocenters. The molecule has 0 fully saturated rings. The van der Waals surface area contributed by atoms with Gasteiger partial charge < -0.3 is 5.21 Å². The van der Waals surface area contributed by atoms with Crippen molar-refractivity contribution in [1.82, 2.24) is 5.10 Å². The third-order valence-corrected chi connectivity index (χ3v) is 1.34.